The molecular formula is C23H31N7. The van der Waals surface area contributed by atoms with Crippen molar-refractivity contribution < 1.29 is 0 Å². The molecule has 0 spiro atoms. The van der Waals surface area contributed by atoms with Gasteiger partial charge in [-0.1, -0.05) is 6.07 Å². The Kier molecular flexibility index (Phi) is 5.72. The first-order valence-electron chi connectivity index (χ1n) is 10.6. The highest BCUT2D eigenvalue weighted by atomic mass is 15.3. The lowest BCUT2D eigenvalue weighted by Crippen LogP contribution is -2.28. The van der Waals surface area contributed by atoms with Crippen LogP contribution in [0.2, 0.25) is 0 Å². The first-order valence-corrected chi connectivity index (χ1v) is 10.6. The number of rotatable bonds is 5. The number of hydrogen-bond donors (Lipinski definition) is 3. The zero-order valence-corrected chi connectivity index (χ0v) is 18.5. The molecule has 1 aromatic carbocycles. The summed E-state index contributed by atoms with van der Waals surface area (Å²) in [4.78, 5) is 9.20. The van der Waals surface area contributed by atoms with Gasteiger partial charge in [0.05, 0.1) is 5.69 Å². The summed E-state index contributed by atoms with van der Waals surface area (Å²) in [5.41, 5.74) is 6.96. The van der Waals surface area contributed by atoms with Crippen molar-refractivity contribution in [2.45, 2.75) is 46.5 Å². The van der Waals surface area contributed by atoms with E-state index < -0.39 is 0 Å². The van der Waals surface area contributed by atoms with E-state index >= 15 is 0 Å². The maximum absolute atomic E-state index is 4.71. The lowest BCUT2D eigenvalue weighted by atomic mass is 9.87. The molecule has 7 heteroatoms. The van der Waals surface area contributed by atoms with Gasteiger partial charge in [0, 0.05) is 37.1 Å². The Morgan fingerprint density at radius 1 is 1.03 bits per heavy atom. The van der Waals surface area contributed by atoms with Crippen molar-refractivity contribution >= 4 is 23.3 Å². The molecule has 0 aliphatic carbocycles. The van der Waals surface area contributed by atoms with Crippen LogP contribution in [0.4, 0.5) is 23.3 Å². The maximum atomic E-state index is 4.71. The molecule has 1 aliphatic rings. The Hall–Kier alpha value is -2.93. The van der Waals surface area contributed by atoms with Crippen LogP contribution < -0.4 is 16.0 Å². The molecule has 7 nitrogen and oxygen atoms in total. The Bertz CT molecular complexity index is 1050. The first-order chi connectivity index (χ1) is 14.4. The summed E-state index contributed by atoms with van der Waals surface area (Å²) in [6.45, 7) is 10.5. The fourth-order valence-electron chi connectivity index (χ4n) is 4.13. The molecule has 1 aliphatic heterocycles. The van der Waals surface area contributed by atoms with E-state index in [0.29, 0.717) is 11.9 Å². The molecule has 0 radical (unpaired) electrons. The van der Waals surface area contributed by atoms with Crippen LogP contribution in [-0.4, -0.2) is 32.8 Å². The number of nitrogens with zero attached hydrogens (tertiary/aromatic N) is 4. The van der Waals surface area contributed by atoms with Crippen molar-refractivity contribution in [2.75, 3.05) is 23.7 Å². The second kappa shape index (κ2) is 8.44. The van der Waals surface area contributed by atoms with Crippen LogP contribution in [0, 0.1) is 27.7 Å². The number of hydrogen-bond acceptors (Lipinski definition) is 6. The molecule has 3 N–H and O–H groups in total. The van der Waals surface area contributed by atoms with Crippen LogP contribution in [0.1, 0.15) is 46.7 Å². The second-order valence-corrected chi connectivity index (χ2v) is 8.34. The third-order valence-corrected chi connectivity index (χ3v) is 5.82. The van der Waals surface area contributed by atoms with Crippen LogP contribution in [0.15, 0.2) is 24.4 Å². The van der Waals surface area contributed by atoms with E-state index in [4.69, 9.17) is 4.98 Å². The van der Waals surface area contributed by atoms with E-state index in [-0.39, 0.29) is 0 Å². The van der Waals surface area contributed by atoms with E-state index in [1.54, 1.807) is 0 Å². The summed E-state index contributed by atoms with van der Waals surface area (Å²) >= 11 is 0. The van der Waals surface area contributed by atoms with Crippen LogP contribution in [0.5, 0.6) is 0 Å². The predicted octanol–water partition coefficient (Wildman–Crippen LogP) is 4.40. The predicted molar refractivity (Wildman–Crippen MR) is 122 cm³/mol. The van der Waals surface area contributed by atoms with Gasteiger partial charge in [-0.15, -0.1) is 0 Å². The van der Waals surface area contributed by atoms with Gasteiger partial charge in [-0.2, -0.15) is 10.1 Å². The molecule has 1 saturated heterocycles. The zero-order valence-electron chi connectivity index (χ0n) is 18.5. The van der Waals surface area contributed by atoms with Crippen molar-refractivity contribution in [1.29, 1.82) is 0 Å². The fraction of sp³-hybridized carbons (Fsp3) is 0.435. The average molecular weight is 406 g/mol. The third kappa shape index (κ3) is 4.31. The topological polar surface area (TPSA) is 79.7 Å². The summed E-state index contributed by atoms with van der Waals surface area (Å²) in [5, 5.41) is 14.7. The maximum Gasteiger partial charge on any atom is 0.229 e. The Morgan fingerprint density at radius 3 is 2.57 bits per heavy atom. The number of piperidine rings is 1. The molecule has 3 heterocycles. The van der Waals surface area contributed by atoms with E-state index in [1.807, 2.05) is 37.8 Å². The van der Waals surface area contributed by atoms with Gasteiger partial charge in [0.2, 0.25) is 5.95 Å². The number of anilines is 4. The van der Waals surface area contributed by atoms with Gasteiger partial charge in [0.15, 0.2) is 0 Å². The SMILES string of the molecule is Cc1cc(Nc2nc(Nc3cc(C)c(C4CCCNC4)cc3C)ncc2C)n(C)n1. The van der Waals surface area contributed by atoms with Crippen LogP contribution in [-0.2, 0) is 7.05 Å². The van der Waals surface area contributed by atoms with Gasteiger partial charge in [-0.25, -0.2) is 4.98 Å². The molecule has 1 unspecified atom stereocenters. The van der Waals surface area contributed by atoms with Gasteiger partial charge in [0.25, 0.3) is 0 Å². The van der Waals surface area contributed by atoms with Crippen molar-refractivity contribution in [1.82, 2.24) is 25.1 Å². The van der Waals surface area contributed by atoms with Crippen molar-refractivity contribution in [3.8, 4) is 0 Å². The lowest BCUT2D eigenvalue weighted by molar-refractivity contribution is 0.460. The summed E-state index contributed by atoms with van der Waals surface area (Å²) < 4.78 is 1.82. The van der Waals surface area contributed by atoms with Crippen LogP contribution >= 0.6 is 0 Å². The minimum absolute atomic E-state index is 0.580. The van der Waals surface area contributed by atoms with Crippen molar-refractivity contribution in [3.05, 3.63) is 52.3 Å². The Labute approximate surface area is 178 Å². The molecule has 3 aromatic rings. The van der Waals surface area contributed by atoms with E-state index in [0.717, 1.165) is 41.7 Å². The summed E-state index contributed by atoms with van der Waals surface area (Å²) in [6, 6.07) is 6.54. The molecule has 0 bridgehead atoms. The summed E-state index contributed by atoms with van der Waals surface area (Å²) in [5.74, 6) is 2.85. The number of aryl methyl sites for hydroxylation is 5. The van der Waals surface area contributed by atoms with Crippen LogP contribution in [0.3, 0.4) is 0 Å². The number of benzene rings is 1. The standard InChI is InChI=1S/C23H31N7/c1-14-10-20(15(2)9-19(14)18-7-6-8-24-13-18)26-23-25-12-16(3)22(28-23)27-21-11-17(4)29-30(21)5/h9-12,18,24H,6-8,13H2,1-5H3,(H2,25,26,27,28). The van der Waals surface area contributed by atoms with Gasteiger partial charge in [-0.3, -0.25) is 4.68 Å². The molecule has 30 heavy (non-hydrogen) atoms. The molecule has 0 amide bonds. The van der Waals surface area contributed by atoms with Gasteiger partial charge >= 0.3 is 0 Å². The van der Waals surface area contributed by atoms with E-state index in [2.05, 4.69) is 52.0 Å². The molecule has 1 fully saturated rings. The number of aromatic nitrogens is 4. The monoisotopic (exact) mass is 405 g/mol. The zero-order chi connectivity index (χ0) is 21.3. The Balaban J connectivity index is 1.56. The second-order valence-electron chi connectivity index (χ2n) is 8.34. The van der Waals surface area contributed by atoms with Crippen molar-refractivity contribution in [3.63, 3.8) is 0 Å². The van der Waals surface area contributed by atoms with Gasteiger partial charge in [-0.05, 0) is 75.8 Å². The third-order valence-electron chi connectivity index (χ3n) is 5.82. The first kappa shape index (κ1) is 20.3. The summed E-state index contributed by atoms with van der Waals surface area (Å²) in [6.07, 6.45) is 4.33. The molecule has 158 valence electrons. The highest BCUT2D eigenvalue weighted by molar-refractivity contribution is 5.64. The van der Waals surface area contributed by atoms with Crippen molar-refractivity contribution in [2.24, 2.45) is 7.05 Å². The Morgan fingerprint density at radius 2 is 1.87 bits per heavy atom. The molecular weight excluding hydrogens is 374 g/mol. The quantitative estimate of drug-likeness (QED) is 0.584. The molecule has 4 rings (SSSR count). The lowest BCUT2D eigenvalue weighted by Gasteiger charge is -2.25. The average Bonchev–Trinajstić information content (AvgIpc) is 3.04. The molecule has 0 saturated carbocycles. The van der Waals surface area contributed by atoms with E-state index in [1.165, 1.54) is 29.5 Å². The van der Waals surface area contributed by atoms with Gasteiger partial charge < -0.3 is 16.0 Å². The fourth-order valence-corrected chi connectivity index (χ4v) is 4.13. The minimum Gasteiger partial charge on any atom is -0.325 e. The van der Waals surface area contributed by atoms with E-state index in [9.17, 15) is 0 Å². The largest absolute Gasteiger partial charge is 0.325 e. The highest BCUT2D eigenvalue weighted by Crippen LogP contribution is 2.31. The van der Waals surface area contributed by atoms with Crippen LogP contribution in [0.25, 0.3) is 0 Å². The summed E-state index contributed by atoms with van der Waals surface area (Å²) in [7, 11) is 1.92. The van der Waals surface area contributed by atoms with Gasteiger partial charge in [0.1, 0.15) is 11.6 Å². The number of nitrogens with one attached hydrogen (secondary N) is 3. The molecule has 1 atom stereocenters. The minimum atomic E-state index is 0.580. The normalized spacial score (nSPS) is 16.5. The molecule has 2 aromatic heterocycles. The smallest absolute Gasteiger partial charge is 0.229 e. The highest BCUT2D eigenvalue weighted by Gasteiger charge is 2.18.